The molecule has 0 amide bonds. The van der Waals surface area contributed by atoms with Crippen molar-refractivity contribution in [2.45, 2.75) is 32.1 Å². The van der Waals surface area contributed by atoms with E-state index >= 15 is 0 Å². The standard InChI is InChI=1S/C16H22ClN/c1-13-3-5-14(6-4-13)15-11-16(15)7-10-18(12-16)9-2-8-17/h3-6,15H,2,7-12H2,1H3. The summed E-state index contributed by atoms with van der Waals surface area (Å²) < 4.78 is 0. The van der Waals surface area contributed by atoms with E-state index in [0.29, 0.717) is 5.41 Å². The summed E-state index contributed by atoms with van der Waals surface area (Å²) in [6.07, 6.45) is 3.91. The fourth-order valence-corrected chi connectivity index (χ4v) is 3.65. The quantitative estimate of drug-likeness (QED) is 0.747. The first kappa shape index (κ1) is 12.5. The third-order valence-corrected chi connectivity index (χ3v) is 5.01. The van der Waals surface area contributed by atoms with Crippen molar-refractivity contribution in [1.82, 2.24) is 4.90 Å². The second kappa shape index (κ2) is 4.86. The molecule has 0 N–H and O–H groups in total. The molecular weight excluding hydrogens is 242 g/mol. The monoisotopic (exact) mass is 263 g/mol. The molecule has 1 aromatic rings. The van der Waals surface area contributed by atoms with E-state index in [2.05, 4.69) is 36.1 Å². The summed E-state index contributed by atoms with van der Waals surface area (Å²) in [4.78, 5) is 2.61. The molecule has 18 heavy (non-hydrogen) atoms. The average molecular weight is 264 g/mol. The maximum absolute atomic E-state index is 5.78. The van der Waals surface area contributed by atoms with Gasteiger partial charge in [-0.1, -0.05) is 29.8 Å². The number of benzene rings is 1. The molecule has 1 spiro atoms. The average Bonchev–Trinajstić information content (AvgIpc) is 2.91. The summed E-state index contributed by atoms with van der Waals surface area (Å²) in [5.74, 6) is 1.62. The molecule has 2 heteroatoms. The van der Waals surface area contributed by atoms with Gasteiger partial charge in [-0.25, -0.2) is 0 Å². The van der Waals surface area contributed by atoms with E-state index in [1.165, 1.54) is 38.0 Å². The smallest absolute Gasteiger partial charge is 0.0235 e. The summed E-state index contributed by atoms with van der Waals surface area (Å²) >= 11 is 5.78. The first-order chi connectivity index (χ1) is 8.73. The zero-order valence-corrected chi connectivity index (χ0v) is 11.9. The van der Waals surface area contributed by atoms with E-state index in [9.17, 15) is 0 Å². The number of alkyl halides is 1. The lowest BCUT2D eigenvalue weighted by molar-refractivity contribution is 0.319. The molecule has 0 bridgehead atoms. The van der Waals surface area contributed by atoms with Crippen molar-refractivity contribution < 1.29 is 0 Å². The molecule has 1 aliphatic carbocycles. The van der Waals surface area contributed by atoms with Crippen LogP contribution in [-0.2, 0) is 0 Å². The van der Waals surface area contributed by atoms with Crippen molar-refractivity contribution >= 4 is 11.6 Å². The summed E-state index contributed by atoms with van der Waals surface area (Å²) in [5, 5.41) is 0. The highest BCUT2D eigenvalue weighted by atomic mass is 35.5. The molecule has 2 fully saturated rings. The Balaban J connectivity index is 1.61. The fourth-order valence-electron chi connectivity index (χ4n) is 3.53. The molecule has 1 saturated heterocycles. The number of rotatable bonds is 4. The van der Waals surface area contributed by atoms with Crippen LogP contribution in [0.3, 0.4) is 0 Å². The van der Waals surface area contributed by atoms with Gasteiger partial charge in [-0.3, -0.25) is 0 Å². The van der Waals surface area contributed by atoms with Gasteiger partial charge >= 0.3 is 0 Å². The minimum atomic E-state index is 0.613. The highest BCUT2D eigenvalue weighted by molar-refractivity contribution is 6.17. The van der Waals surface area contributed by atoms with Crippen LogP contribution in [0.1, 0.15) is 36.3 Å². The van der Waals surface area contributed by atoms with Gasteiger partial charge in [0.25, 0.3) is 0 Å². The molecule has 2 aliphatic rings. The van der Waals surface area contributed by atoms with Crippen molar-refractivity contribution in [2.75, 3.05) is 25.5 Å². The van der Waals surface area contributed by atoms with E-state index < -0.39 is 0 Å². The van der Waals surface area contributed by atoms with Gasteiger partial charge in [0.15, 0.2) is 0 Å². The van der Waals surface area contributed by atoms with Gasteiger partial charge in [-0.2, -0.15) is 0 Å². The van der Waals surface area contributed by atoms with Crippen LogP contribution in [0, 0.1) is 12.3 Å². The first-order valence-electron chi connectivity index (χ1n) is 7.08. The normalized spacial score (nSPS) is 31.1. The molecule has 98 valence electrons. The van der Waals surface area contributed by atoms with Gasteiger partial charge in [0, 0.05) is 12.4 Å². The van der Waals surface area contributed by atoms with Gasteiger partial charge < -0.3 is 4.90 Å². The Bertz CT molecular complexity index is 414. The Morgan fingerprint density at radius 1 is 1.33 bits per heavy atom. The van der Waals surface area contributed by atoms with E-state index in [1.807, 2.05) is 0 Å². The molecule has 2 atom stereocenters. The number of aryl methyl sites for hydroxylation is 1. The molecule has 0 aromatic heterocycles. The molecule has 1 nitrogen and oxygen atoms in total. The molecular formula is C16H22ClN. The van der Waals surface area contributed by atoms with Crippen LogP contribution in [0.4, 0.5) is 0 Å². The number of hydrogen-bond acceptors (Lipinski definition) is 1. The molecule has 2 unspecified atom stereocenters. The molecule has 1 aromatic carbocycles. The number of hydrogen-bond donors (Lipinski definition) is 0. The molecule has 0 radical (unpaired) electrons. The molecule has 1 aliphatic heterocycles. The van der Waals surface area contributed by atoms with Crippen LogP contribution in [0.15, 0.2) is 24.3 Å². The van der Waals surface area contributed by atoms with Crippen molar-refractivity contribution in [3.05, 3.63) is 35.4 Å². The minimum absolute atomic E-state index is 0.613. The largest absolute Gasteiger partial charge is 0.303 e. The van der Waals surface area contributed by atoms with Crippen molar-refractivity contribution in [3.63, 3.8) is 0 Å². The van der Waals surface area contributed by atoms with E-state index in [0.717, 1.165) is 18.2 Å². The lowest BCUT2D eigenvalue weighted by atomic mass is 9.98. The van der Waals surface area contributed by atoms with Gasteiger partial charge in [-0.05, 0) is 56.2 Å². The van der Waals surface area contributed by atoms with Crippen molar-refractivity contribution in [1.29, 1.82) is 0 Å². The maximum atomic E-state index is 5.78. The fraction of sp³-hybridized carbons (Fsp3) is 0.625. The summed E-state index contributed by atoms with van der Waals surface area (Å²) in [6.45, 7) is 5.92. The van der Waals surface area contributed by atoms with Crippen LogP contribution in [0.5, 0.6) is 0 Å². The predicted molar refractivity (Wildman–Crippen MR) is 77.4 cm³/mol. The number of nitrogens with zero attached hydrogens (tertiary/aromatic N) is 1. The van der Waals surface area contributed by atoms with Crippen LogP contribution in [0.2, 0.25) is 0 Å². The third-order valence-electron chi connectivity index (χ3n) is 4.74. The zero-order valence-electron chi connectivity index (χ0n) is 11.2. The Morgan fingerprint density at radius 3 is 2.83 bits per heavy atom. The van der Waals surface area contributed by atoms with Gasteiger partial charge in [-0.15, -0.1) is 11.6 Å². The van der Waals surface area contributed by atoms with Crippen LogP contribution in [0.25, 0.3) is 0 Å². The highest BCUT2D eigenvalue weighted by Gasteiger charge is 2.57. The highest BCUT2D eigenvalue weighted by Crippen LogP contribution is 2.64. The zero-order chi connectivity index (χ0) is 12.6. The Morgan fingerprint density at radius 2 is 2.11 bits per heavy atom. The Kier molecular flexibility index (Phi) is 3.38. The third kappa shape index (κ3) is 2.31. The van der Waals surface area contributed by atoms with Crippen LogP contribution >= 0.6 is 11.6 Å². The van der Waals surface area contributed by atoms with E-state index in [-0.39, 0.29) is 0 Å². The van der Waals surface area contributed by atoms with Crippen LogP contribution in [-0.4, -0.2) is 30.4 Å². The Hall–Kier alpha value is -0.530. The van der Waals surface area contributed by atoms with Crippen molar-refractivity contribution in [2.24, 2.45) is 5.41 Å². The SMILES string of the molecule is Cc1ccc(C2CC23CCN(CCCCl)C3)cc1. The van der Waals surface area contributed by atoms with Gasteiger partial charge in [0.2, 0.25) is 0 Å². The summed E-state index contributed by atoms with van der Waals surface area (Å²) in [7, 11) is 0. The van der Waals surface area contributed by atoms with Gasteiger partial charge in [0.1, 0.15) is 0 Å². The summed E-state index contributed by atoms with van der Waals surface area (Å²) in [6, 6.07) is 9.16. The van der Waals surface area contributed by atoms with Crippen LogP contribution < -0.4 is 0 Å². The summed E-state index contributed by atoms with van der Waals surface area (Å²) in [5.41, 5.74) is 3.53. The Labute approximate surface area is 115 Å². The first-order valence-corrected chi connectivity index (χ1v) is 7.62. The lowest BCUT2D eigenvalue weighted by Crippen LogP contribution is -2.22. The predicted octanol–water partition coefficient (Wildman–Crippen LogP) is 3.80. The van der Waals surface area contributed by atoms with E-state index in [4.69, 9.17) is 11.6 Å². The minimum Gasteiger partial charge on any atom is -0.303 e. The molecule has 1 saturated carbocycles. The topological polar surface area (TPSA) is 3.24 Å². The molecule has 1 heterocycles. The van der Waals surface area contributed by atoms with Crippen molar-refractivity contribution in [3.8, 4) is 0 Å². The number of likely N-dealkylation sites (tertiary alicyclic amines) is 1. The second-order valence-corrected chi connectivity index (χ2v) is 6.48. The number of halogens is 1. The molecule has 3 rings (SSSR count). The van der Waals surface area contributed by atoms with Gasteiger partial charge in [0.05, 0.1) is 0 Å². The second-order valence-electron chi connectivity index (χ2n) is 6.10. The maximum Gasteiger partial charge on any atom is 0.0235 e. The lowest BCUT2D eigenvalue weighted by Gasteiger charge is -2.15. The van der Waals surface area contributed by atoms with E-state index in [1.54, 1.807) is 5.56 Å².